The van der Waals surface area contributed by atoms with Crippen molar-refractivity contribution >= 4 is 5.91 Å². The van der Waals surface area contributed by atoms with Gasteiger partial charge in [-0.15, -0.1) is 4.91 Å². The topological polar surface area (TPSA) is 68.6 Å². The third-order valence-corrected chi connectivity index (χ3v) is 3.88. The number of ether oxygens (including phenoxy) is 1. The summed E-state index contributed by atoms with van der Waals surface area (Å²) in [6.07, 6.45) is 4.64. The van der Waals surface area contributed by atoms with Gasteiger partial charge in [-0.1, -0.05) is 0 Å². The molecule has 3 rings (SSSR count). The van der Waals surface area contributed by atoms with Gasteiger partial charge in [0.1, 0.15) is 0 Å². The van der Waals surface area contributed by atoms with Gasteiger partial charge in [0, 0.05) is 16.9 Å². The Kier molecular flexibility index (Phi) is 2.21. The van der Waals surface area contributed by atoms with Crippen LogP contribution in [0.25, 0.3) is 0 Å². The SMILES string of the molecule is COc1ncc(C(=O)N=O)c2c1C1CCC2C1. The van der Waals surface area contributed by atoms with Crippen LogP contribution in [0, 0.1) is 4.91 Å². The van der Waals surface area contributed by atoms with E-state index in [2.05, 4.69) is 10.2 Å². The molecule has 0 saturated heterocycles. The summed E-state index contributed by atoms with van der Waals surface area (Å²) in [7, 11) is 1.58. The monoisotopic (exact) mass is 232 g/mol. The fourth-order valence-electron chi connectivity index (χ4n) is 3.25. The Bertz CT molecular complexity index is 513. The number of fused-ring (bicyclic) bond motifs is 5. The van der Waals surface area contributed by atoms with E-state index in [0.29, 0.717) is 23.3 Å². The highest BCUT2D eigenvalue weighted by atomic mass is 16.5. The second-order valence-electron chi connectivity index (χ2n) is 4.61. The van der Waals surface area contributed by atoms with Crippen LogP contribution in [0.5, 0.6) is 5.88 Å². The molecule has 1 amide bonds. The molecule has 1 fully saturated rings. The molecular formula is C12H12N2O3. The molecule has 5 nitrogen and oxygen atoms in total. The maximum Gasteiger partial charge on any atom is 0.318 e. The zero-order valence-corrected chi connectivity index (χ0v) is 9.47. The Hall–Kier alpha value is -1.78. The molecule has 17 heavy (non-hydrogen) atoms. The van der Waals surface area contributed by atoms with Crippen LogP contribution in [-0.2, 0) is 0 Å². The molecule has 2 unspecified atom stereocenters. The van der Waals surface area contributed by atoms with Crippen molar-refractivity contribution in [1.29, 1.82) is 0 Å². The smallest absolute Gasteiger partial charge is 0.318 e. The van der Waals surface area contributed by atoms with Gasteiger partial charge in [0.15, 0.2) is 0 Å². The predicted octanol–water partition coefficient (Wildman–Crippen LogP) is 2.36. The number of nitroso groups, excluding NO2 is 1. The lowest BCUT2D eigenvalue weighted by Gasteiger charge is -2.18. The lowest BCUT2D eigenvalue weighted by molar-refractivity contribution is 0.0999. The Balaban J connectivity index is 2.22. The van der Waals surface area contributed by atoms with Crippen molar-refractivity contribution in [2.45, 2.75) is 31.1 Å². The van der Waals surface area contributed by atoms with Crippen molar-refractivity contribution in [2.24, 2.45) is 5.18 Å². The largest absolute Gasteiger partial charge is 0.481 e. The second kappa shape index (κ2) is 3.61. The van der Waals surface area contributed by atoms with E-state index < -0.39 is 5.91 Å². The van der Waals surface area contributed by atoms with Gasteiger partial charge in [0.25, 0.3) is 0 Å². The summed E-state index contributed by atoms with van der Waals surface area (Å²) in [5, 5.41) is 2.51. The number of hydrogen-bond donors (Lipinski definition) is 0. The number of carbonyl (C=O) groups excluding carboxylic acids is 1. The number of aromatic nitrogens is 1. The highest BCUT2D eigenvalue weighted by Gasteiger charge is 2.42. The van der Waals surface area contributed by atoms with Crippen LogP contribution in [0.4, 0.5) is 0 Å². The number of amides is 1. The molecule has 0 radical (unpaired) electrons. The van der Waals surface area contributed by atoms with Crippen molar-refractivity contribution in [3.63, 3.8) is 0 Å². The zero-order chi connectivity index (χ0) is 12.0. The fourth-order valence-corrected chi connectivity index (χ4v) is 3.25. The zero-order valence-electron chi connectivity index (χ0n) is 9.47. The van der Waals surface area contributed by atoms with Crippen molar-refractivity contribution in [2.75, 3.05) is 7.11 Å². The second-order valence-corrected chi connectivity index (χ2v) is 4.61. The minimum atomic E-state index is -0.719. The van der Waals surface area contributed by atoms with Crippen LogP contribution in [0.15, 0.2) is 11.4 Å². The van der Waals surface area contributed by atoms with Crippen LogP contribution < -0.4 is 4.74 Å². The summed E-state index contributed by atoms with van der Waals surface area (Å²) in [5.74, 6) is 0.669. The van der Waals surface area contributed by atoms with Gasteiger partial charge < -0.3 is 4.74 Å². The van der Waals surface area contributed by atoms with Crippen LogP contribution in [0.3, 0.4) is 0 Å². The Labute approximate surface area is 98.2 Å². The first kappa shape index (κ1) is 10.4. The van der Waals surface area contributed by atoms with E-state index in [1.54, 1.807) is 7.11 Å². The summed E-state index contributed by atoms with van der Waals surface area (Å²) >= 11 is 0. The van der Waals surface area contributed by atoms with Crippen molar-refractivity contribution in [1.82, 2.24) is 4.98 Å². The van der Waals surface area contributed by atoms with E-state index in [-0.39, 0.29) is 0 Å². The maximum absolute atomic E-state index is 11.5. The van der Waals surface area contributed by atoms with Gasteiger partial charge in [0.2, 0.25) is 5.88 Å². The number of hydrogen-bond acceptors (Lipinski definition) is 4. The average molecular weight is 232 g/mol. The Morgan fingerprint density at radius 3 is 2.76 bits per heavy atom. The van der Waals surface area contributed by atoms with E-state index >= 15 is 0 Å². The van der Waals surface area contributed by atoms with E-state index in [9.17, 15) is 9.70 Å². The molecule has 1 aromatic heterocycles. The number of nitrogens with zero attached hydrogens (tertiary/aromatic N) is 2. The molecule has 0 aliphatic heterocycles. The van der Waals surface area contributed by atoms with Crippen molar-refractivity contribution in [3.8, 4) is 5.88 Å². The van der Waals surface area contributed by atoms with E-state index in [1.807, 2.05) is 0 Å². The standard InChI is InChI=1S/C12H12N2O3/c1-17-12-10-7-3-2-6(4-7)9(10)8(5-13-12)11(15)14-16/h5-7H,2-4H2,1H3. The highest BCUT2D eigenvalue weighted by molar-refractivity contribution is 5.97. The summed E-state index contributed by atoms with van der Waals surface area (Å²) in [4.78, 5) is 26.0. The molecule has 0 spiro atoms. The van der Waals surface area contributed by atoms with Gasteiger partial charge >= 0.3 is 5.91 Å². The summed E-state index contributed by atoms with van der Waals surface area (Å²) in [6.45, 7) is 0. The first-order chi connectivity index (χ1) is 8.26. The molecule has 88 valence electrons. The molecule has 2 aliphatic rings. The van der Waals surface area contributed by atoms with Crippen LogP contribution in [0.2, 0.25) is 0 Å². The Morgan fingerprint density at radius 1 is 1.41 bits per heavy atom. The minimum absolute atomic E-state index is 0.364. The van der Waals surface area contributed by atoms with E-state index in [0.717, 1.165) is 30.4 Å². The quantitative estimate of drug-likeness (QED) is 0.734. The van der Waals surface area contributed by atoms with Gasteiger partial charge in [-0.05, 0) is 36.7 Å². The van der Waals surface area contributed by atoms with Crippen LogP contribution in [-0.4, -0.2) is 18.0 Å². The normalized spacial score (nSPS) is 24.5. The molecule has 0 aromatic carbocycles. The average Bonchev–Trinajstić information content (AvgIpc) is 2.98. The van der Waals surface area contributed by atoms with Crippen LogP contribution >= 0.6 is 0 Å². The predicted molar refractivity (Wildman–Crippen MR) is 60.2 cm³/mol. The van der Waals surface area contributed by atoms with Crippen molar-refractivity contribution in [3.05, 3.63) is 27.8 Å². The number of rotatable bonds is 2. The molecular weight excluding hydrogens is 220 g/mol. The van der Waals surface area contributed by atoms with Crippen LogP contribution in [0.1, 0.15) is 52.6 Å². The van der Waals surface area contributed by atoms with Gasteiger partial charge in [-0.3, -0.25) is 4.79 Å². The molecule has 1 saturated carbocycles. The molecule has 2 atom stereocenters. The minimum Gasteiger partial charge on any atom is -0.481 e. The first-order valence-electron chi connectivity index (χ1n) is 5.70. The highest BCUT2D eigenvalue weighted by Crippen LogP contribution is 2.56. The van der Waals surface area contributed by atoms with Gasteiger partial charge in [-0.25, -0.2) is 4.98 Å². The summed E-state index contributed by atoms with van der Waals surface area (Å²) in [6, 6.07) is 0. The third-order valence-electron chi connectivity index (χ3n) is 3.88. The molecule has 2 aliphatic carbocycles. The number of pyridine rings is 1. The molecule has 1 aromatic rings. The van der Waals surface area contributed by atoms with Gasteiger partial charge in [0.05, 0.1) is 12.7 Å². The summed E-state index contributed by atoms with van der Waals surface area (Å²) < 4.78 is 5.25. The lowest BCUT2D eigenvalue weighted by atomic mass is 9.89. The molecule has 2 bridgehead atoms. The maximum atomic E-state index is 11.5. The summed E-state index contributed by atoms with van der Waals surface area (Å²) in [5.41, 5.74) is 2.35. The molecule has 5 heteroatoms. The van der Waals surface area contributed by atoms with E-state index in [1.165, 1.54) is 6.20 Å². The van der Waals surface area contributed by atoms with Crippen molar-refractivity contribution < 1.29 is 9.53 Å². The van der Waals surface area contributed by atoms with E-state index in [4.69, 9.17) is 4.74 Å². The fraction of sp³-hybridized carbons (Fsp3) is 0.500. The lowest BCUT2D eigenvalue weighted by Crippen LogP contribution is -2.09. The Morgan fingerprint density at radius 2 is 2.12 bits per heavy atom. The van der Waals surface area contributed by atoms with Gasteiger partial charge in [-0.2, -0.15) is 0 Å². The molecule has 1 heterocycles. The number of carbonyl (C=O) groups is 1. The third kappa shape index (κ3) is 1.31. The molecule has 0 N–H and O–H groups in total. The number of methoxy groups -OCH3 is 1. The first-order valence-corrected chi connectivity index (χ1v) is 5.70.